The number of hydrogen-bond acceptors (Lipinski definition) is 3. The Hall–Kier alpha value is -0.350. The van der Waals surface area contributed by atoms with Crippen LogP contribution in [0.1, 0.15) is 47.5 Å². The van der Waals surface area contributed by atoms with E-state index in [9.17, 15) is 0 Å². The second-order valence-corrected chi connectivity index (χ2v) is 8.81. The monoisotopic (exact) mass is 310 g/mol. The zero-order valence-electron chi connectivity index (χ0n) is 13.7. The molecule has 1 fully saturated rings. The molecule has 0 aromatic rings. The molecule has 0 aliphatic carbocycles. The molecule has 2 aliphatic heterocycles. The predicted molar refractivity (Wildman–Crippen MR) is 94.6 cm³/mol. The average molecular weight is 311 g/mol. The van der Waals surface area contributed by atoms with E-state index in [0.717, 1.165) is 17.8 Å². The van der Waals surface area contributed by atoms with Crippen molar-refractivity contribution in [1.29, 1.82) is 0 Å². The van der Waals surface area contributed by atoms with Gasteiger partial charge in [-0.15, -0.1) is 11.8 Å². The summed E-state index contributed by atoms with van der Waals surface area (Å²) in [6.45, 7) is 11.5. The molecule has 4 heteroatoms. The average Bonchev–Trinajstić information content (AvgIpc) is 2.68. The molecule has 20 heavy (non-hydrogen) atoms. The largest absolute Gasteiger partial charge is 0.360 e. The molecule has 0 saturated carbocycles. The minimum Gasteiger partial charge on any atom is -0.360 e. The number of aliphatic imine (C=N–C) groups is 1. The lowest BCUT2D eigenvalue weighted by Crippen LogP contribution is -2.46. The molecule has 2 nitrogen and oxygen atoms in total. The number of likely N-dealkylation sites (tertiary alicyclic amines) is 1. The third kappa shape index (κ3) is 2.35. The molecule has 0 aromatic carbocycles. The van der Waals surface area contributed by atoms with Gasteiger partial charge in [0.05, 0.1) is 15.6 Å². The van der Waals surface area contributed by atoms with E-state index in [2.05, 4.69) is 58.9 Å². The van der Waals surface area contributed by atoms with E-state index in [4.69, 9.17) is 17.2 Å². The molecule has 0 amide bonds. The van der Waals surface area contributed by atoms with Gasteiger partial charge in [0, 0.05) is 31.0 Å². The van der Waals surface area contributed by atoms with Crippen molar-refractivity contribution < 1.29 is 0 Å². The molecule has 1 saturated heterocycles. The van der Waals surface area contributed by atoms with Crippen molar-refractivity contribution in [2.45, 2.75) is 53.0 Å². The second kappa shape index (κ2) is 4.84. The predicted octanol–water partition coefficient (Wildman–Crippen LogP) is 4.51. The van der Waals surface area contributed by atoms with Crippen LogP contribution in [0.4, 0.5) is 0 Å². The van der Waals surface area contributed by atoms with E-state index in [-0.39, 0.29) is 16.4 Å². The molecule has 0 spiro atoms. The highest BCUT2D eigenvalue weighted by atomic mass is 32.2. The highest BCUT2D eigenvalue weighted by Crippen LogP contribution is 2.49. The van der Waals surface area contributed by atoms with E-state index in [0.29, 0.717) is 0 Å². The van der Waals surface area contributed by atoms with Gasteiger partial charge in [-0.2, -0.15) is 0 Å². The molecule has 1 unspecified atom stereocenters. The molecule has 0 N–H and O–H groups in total. The summed E-state index contributed by atoms with van der Waals surface area (Å²) in [5.74, 6) is 0. The van der Waals surface area contributed by atoms with Crippen LogP contribution in [0.25, 0.3) is 0 Å². The van der Waals surface area contributed by atoms with Crippen LogP contribution in [0.5, 0.6) is 0 Å². The first kappa shape index (κ1) is 16.0. The molecular formula is C16H26N2S2. The van der Waals surface area contributed by atoms with Crippen LogP contribution in [0, 0.1) is 10.8 Å². The van der Waals surface area contributed by atoms with Gasteiger partial charge >= 0.3 is 0 Å². The Morgan fingerprint density at radius 2 is 1.80 bits per heavy atom. The van der Waals surface area contributed by atoms with Crippen molar-refractivity contribution in [3.8, 4) is 0 Å². The summed E-state index contributed by atoms with van der Waals surface area (Å²) < 4.78 is 0. The third-order valence-electron chi connectivity index (χ3n) is 5.22. The molecule has 0 radical (unpaired) electrons. The number of likely N-dealkylation sites (N-methyl/N-ethyl adjacent to an activating group) is 1. The molecule has 1 atom stereocenters. The summed E-state index contributed by atoms with van der Waals surface area (Å²) in [5.41, 5.74) is 1.42. The fourth-order valence-electron chi connectivity index (χ4n) is 3.09. The van der Waals surface area contributed by atoms with Gasteiger partial charge in [0.25, 0.3) is 0 Å². The first-order valence-electron chi connectivity index (χ1n) is 7.15. The summed E-state index contributed by atoms with van der Waals surface area (Å²) in [6, 6.07) is 0. The second-order valence-electron chi connectivity index (χ2n) is 7.46. The van der Waals surface area contributed by atoms with E-state index >= 15 is 0 Å². The Labute approximate surface area is 133 Å². The number of allylic oxidation sites excluding steroid dienone is 1. The van der Waals surface area contributed by atoms with Gasteiger partial charge in [-0.1, -0.05) is 39.9 Å². The summed E-state index contributed by atoms with van der Waals surface area (Å²) in [6.07, 6.45) is 6.50. The third-order valence-corrected chi connectivity index (χ3v) is 6.34. The van der Waals surface area contributed by atoms with Gasteiger partial charge in [0.1, 0.15) is 0 Å². The molecular weight excluding hydrogens is 284 g/mol. The lowest BCUT2D eigenvalue weighted by molar-refractivity contribution is 0.163. The van der Waals surface area contributed by atoms with Crippen LogP contribution in [0.2, 0.25) is 0 Å². The Morgan fingerprint density at radius 1 is 1.20 bits per heavy atom. The molecule has 2 rings (SSSR count). The maximum atomic E-state index is 5.54. The van der Waals surface area contributed by atoms with Crippen LogP contribution >= 0.6 is 24.0 Å². The molecule has 2 heterocycles. The van der Waals surface area contributed by atoms with E-state index in [1.54, 1.807) is 11.8 Å². The van der Waals surface area contributed by atoms with Gasteiger partial charge in [-0.25, -0.2) is 0 Å². The Kier molecular flexibility index (Phi) is 3.88. The topological polar surface area (TPSA) is 15.6 Å². The van der Waals surface area contributed by atoms with Gasteiger partial charge in [-0.05, 0) is 24.7 Å². The number of thiocarbonyl (C=S) groups is 1. The molecule has 0 bridgehead atoms. The quantitative estimate of drug-likeness (QED) is 0.663. The van der Waals surface area contributed by atoms with Crippen molar-refractivity contribution in [3.63, 3.8) is 0 Å². The van der Waals surface area contributed by atoms with Gasteiger partial charge < -0.3 is 4.90 Å². The molecule has 0 aromatic heterocycles. The van der Waals surface area contributed by atoms with E-state index in [1.165, 1.54) is 10.7 Å². The standard InChI is InChI=1S/C16H26N2S2/c1-14(2)9-12(20-7)17-11(14)8-16(5)15(3,4)10-13(19)18(16)6/h8H,9-10H2,1-7H3/b11-8-. The lowest BCUT2D eigenvalue weighted by Gasteiger charge is -2.41. The normalized spacial score (nSPS) is 34.0. The van der Waals surface area contributed by atoms with Gasteiger partial charge in [0.2, 0.25) is 0 Å². The van der Waals surface area contributed by atoms with Crippen molar-refractivity contribution >= 4 is 34.0 Å². The minimum atomic E-state index is -0.0615. The fraction of sp³-hybridized carbons (Fsp3) is 0.750. The smallest absolute Gasteiger partial charge is 0.0790 e. The summed E-state index contributed by atoms with van der Waals surface area (Å²) >= 11 is 7.31. The van der Waals surface area contributed by atoms with Crippen molar-refractivity contribution in [2.75, 3.05) is 13.3 Å². The Morgan fingerprint density at radius 3 is 2.20 bits per heavy atom. The minimum absolute atomic E-state index is 0.0615. The van der Waals surface area contributed by atoms with Crippen LogP contribution < -0.4 is 0 Å². The van der Waals surface area contributed by atoms with Crippen molar-refractivity contribution in [1.82, 2.24) is 4.90 Å². The van der Waals surface area contributed by atoms with Crippen molar-refractivity contribution in [2.24, 2.45) is 15.8 Å². The Balaban J connectivity index is 2.48. The summed E-state index contributed by atoms with van der Waals surface area (Å²) in [7, 11) is 2.12. The highest BCUT2D eigenvalue weighted by Gasteiger charge is 2.51. The number of thioether (sulfide) groups is 1. The number of rotatable bonds is 1. The summed E-state index contributed by atoms with van der Waals surface area (Å²) in [4.78, 5) is 8.18. The molecule has 2 aliphatic rings. The summed E-state index contributed by atoms with van der Waals surface area (Å²) in [5, 5.41) is 1.24. The first-order chi connectivity index (χ1) is 9.03. The SMILES string of the molecule is CSC1=N/C(=C\C2(C)N(C)C(=S)CC2(C)C)C(C)(C)C1. The lowest BCUT2D eigenvalue weighted by atomic mass is 9.72. The van der Waals surface area contributed by atoms with Gasteiger partial charge in [0.15, 0.2) is 0 Å². The first-order valence-corrected chi connectivity index (χ1v) is 8.78. The van der Waals surface area contributed by atoms with Crippen LogP contribution in [-0.2, 0) is 0 Å². The molecule has 112 valence electrons. The maximum absolute atomic E-state index is 5.54. The van der Waals surface area contributed by atoms with Crippen LogP contribution in [-0.4, -0.2) is 33.8 Å². The zero-order valence-corrected chi connectivity index (χ0v) is 15.3. The fourth-order valence-corrected chi connectivity index (χ4v) is 4.33. The highest BCUT2D eigenvalue weighted by molar-refractivity contribution is 8.13. The zero-order chi connectivity index (χ0) is 15.3. The Bertz CT molecular complexity index is 503. The van der Waals surface area contributed by atoms with Crippen LogP contribution in [0.3, 0.4) is 0 Å². The number of nitrogens with zero attached hydrogens (tertiary/aromatic N) is 2. The van der Waals surface area contributed by atoms with Gasteiger partial charge in [-0.3, -0.25) is 4.99 Å². The van der Waals surface area contributed by atoms with E-state index < -0.39 is 0 Å². The van der Waals surface area contributed by atoms with E-state index in [1.807, 2.05) is 0 Å². The van der Waals surface area contributed by atoms with Crippen LogP contribution in [0.15, 0.2) is 16.8 Å². The van der Waals surface area contributed by atoms with Crippen molar-refractivity contribution in [3.05, 3.63) is 11.8 Å². The maximum Gasteiger partial charge on any atom is 0.0790 e. The number of hydrogen-bond donors (Lipinski definition) is 0.